The second kappa shape index (κ2) is 2.14. The summed E-state index contributed by atoms with van der Waals surface area (Å²) < 4.78 is 0. The van der Waals surface area contributed by atoms with E-state index in [9.17, 15) is 9.59 Å². The zero-order valence-electron chi connectivity index (χ0n) is 5.10. The first-order chi connectivity index (χ1) is 4.24. The Morgan fingerprint density at radius 3 is 2.44 bits per heavy atom. The zero-order valence-corrected chi connectivity index (χ0v) is 6.52. The van der Waals surface area contributed by atoms with Gasteiger partial charge in [-0.25, -0.2) is 0 Å². The molecule has 0 aliphatic carbocycles. The fourth-order valence-electron chi connectivity index (χ4n) is 0.715. The van der Waals surface area contributed by atoms with Gasteiger partial charge in [0.2, 0.25) is 5.91 Å². The number of nitrogens with one attached hydrogen (secondary N) is 1. The van der Waals surface area contributed by atoms with E-state index in [1.54, 1.807) is 0 Å². The molecule has 2 amide bonds. The standard InChI is InChI=1S/C5H7NO2Si/c1-9-3-2-4(7)6-5(3)8/h2H,9H2,1H3,(H,6,7,8). The highest BCUT2D eigenvalue weighted by Gasteiger charge is 2.17. The van der Waals surface area contributed by atoms with E-state index in [4.69, 9.17) is 0 Å². The van der Waals surface area contributed by atoms with Gasteiger partial charge in [0.25, 0.3) is 5.91 Å². The lowest BCUT2D eigenvalue weighted by Gasteiger charge is -1.88. The van der Waals surface area contributed by atoms with E-state index >= 15 is 0 Å². The van der Waals surface area contributed by atoms with Gasteiger partial charge in [0.05, 0.1) is 9.52 Å². The van der Waals surface area contributed by atoms with Crippen LogP contribution in [-0.4, -0.2) is 21.3 Å². The maximum Gasteiger partial charge on any atom is 0.250 e. The van der Waals surface area contributed by atoms with E-state index in [2.05, 4.69) is 5.32 Å². The minimum absolute atomic E-state index is 0.186. The maximum atomic E-state index is 10.7. The van der Waals surface area contributed by atoms with Crippen molar-refractivity contribution in [1.29, 1.82) is 0 Å². The predicted octanol–water partition coefficient (Wildman–Crippen LogP) is -1.26. The van der Waals surface area contributed by atoms with Crippen LogP contribution in [0.1, 0.15) is 0 Å². The lowest BCUT2D eigenvalue weighted by molar-refractivity contribution is -0.123. The van der Waals surface area contributed by atoms with Crippen LogP contribution in [-0.2, 0) is 9.59 Å². The van der Waals surface area contributed by atoms with Gasteiger partial charge in [0, 0.05) is 11.3 Å². The van der Waals surface area contributed by atoms with Gasteiger partial charge >= 0.3 is 0 Å². The summed E-state index contributed by atoms with van der Waals surface area (Å²) >= 11 is 0. The van der Waals surface area contributed by atoms with E-state index in [1.807, 2.05) is 6.55 Å². The van der Waals surface area contributed by atoms with Crippen molar-refractivity contribution in [1.82, 2.24) is 5.32 Å². The highest BCUT2D eigenvalue weighted by Crippen LogP contribution is 1.98. The third-order valence-corrected chi connectivity index (χ3v) is 2.50. The van der Waals surface area contributed by atoms with Crippen LogP contribution in [0.15, 0.2) is 11.3 Å². The molecular weight excluding hydrogens is 134 g/mol. The van der Waals surface area contributed by atoms with Crippen molar-refractivity contribution in [2.45, 2.75) is 6.55 Å². The summed E-state index contributed by atoms with van der Waals surface area (Å²) in [5, 5.41) is 2.89. The monoisotopic (exact) mass is 141 g/mol. The first-order valence-corrected chi connectivity index (χ1v) is 4.92. The third-order valence-electron chi connectivity index (χ3n) is 1.21. The molecule has 0 fully saturated rings. The Morgan fingerprint density at radius 1 is 1.56 bits per heavy atom. The molecule has 1 N–H and O–H groups in total. The van der Waals surface area contributed by atoms with Gasteiger partial charge in [-0.2, -0.15) is 0 Å². The van der Waals surface area contributed by atoms with Crippen LogP contribution in [0.4, 0.5) is 0 Å². The van der Waals surface area contributed by atoms with Crippen LogP contribution in [0.2, 0.25) is 6.55 Å². The number of hydrogen-bond donors (Lipinski definition) is 1. The second-order valence-electron chi connectivity index (χ2n) is 1.84. The summed E-state index contributed by atoms with van der Waals surface area (Å²) in [6.45, 7) is 1.98. The smallest absolute Gasteiger partial charge is 0.250 e. The number of imide groups is 1. The van der Waals surface area contributed by atoms with Crippen LogP contribution in [0, 0.1) is 0 Å². The van der Waals surface area contributed by atoms with E-state index in [0.717, 1.165) is 0 Å². The number of carbonyl (C=O) groups excluding carboxylic acids is 2. The summed E-state index contributed by atoms with van der Waals surface area (Å²) in [7, 11) is -0.461. The summed E-state index contributed by atoms with van der Waals surface area (Å²) in [6.07, 6.45) is 1.40. The molecule has 0 bridgehead atoms. The minimum Gasteiger partial charge on any atom is -0.289 e. The number of hydrogen-bond acceptors (Lipinski definition) is 2. The molecule has 0 aromatic carbocycles. The quantitative estimate of drug-likeness (QED) is 0.366. The molecule has 0 radical (unpaired) electrons. The minimum atomic E-state index is -0.461. The molecule has 48 valence electrons. The van der Waals surface area contributed by atoms with Crippen LogP contribution < -0.4 is 5.32 Å². The van der Waals surface area contributed by atoms with Crippen molar-refractivity contribution >= 4 is 21.3 Å². The van der Waals surface area contributed by atoms with Gasteiger partial charge in [-0.1, -0.05) is 6.55 Å². The maximum absolute atomic E-state index is 10.7. The average molecular weight is 141 g/mol. The van der Waals surface area contributed by atoms with Gasteiger partial charge in [-0.15, -0.1) is 0 Å². The molecule has 4 heteroatoms. The molecule has 0 aromatic rings. The second-order valence-corrected chi connectivity index (χ2v) is 3.31. The molecule has 9 heavy (non-hydrogen) atoms. The molecule has 0 atom stereocenters. The SMILES string of the molecule is C[SiH2]C1=CC(=O)NC1=O. The van der Waals surface area contributed by atoms with Crippen molar-refractivity contribution in [2.24, 2.45) is 0 Å². The Hall–Kier alpha value is -0.903. The van der Waals surface area contributed by atoms with Crippen molar-refractivity contribution in [3.8, 4) is 0 Å². The van der Waals surface area contributed by atoms with Gasteiger partial charge in [0.1, 0.15) is 0 Å². The molecule has 1 rings (SSSR count). The summed E-state index contributed by atoms with van der Waals surface area (Å²) in [6, 6.07) is 0. The first kappa shape index (κ1) is 6.22. The van der Waals surface area contributed by atoms with Crippen LogP contribution in [0.3, 0.4) is 0 Å². The van der Waals surface area contributed by atoms with Gasteiger partial charge < -0.3 is 0 Å². The molecule has 1 heterocycles. The molecular formula is C5H7NO2Si. The highest BCUT2D eigenvalue weighted by molar-refractivity contribution is 6.55. The molecule has 3 nitrogen and oxygen atoms in total. The molecule has 1 aliphatic rings. The summed E-state index contributed by atoms with van der Waals surface area (Å²) in [5.41, 5.74) is 0. The van der Waals surface area contributed by atoms with E-state index < -0.39 is 9.52 Å². The molecule has 0 aromatic heterocycles. The normalized spacial score (nSPS) is 19.0. The van der Waals surface area contributed by atoms with E-state index in [1.165, 1.54) is 6.08 Å². The molecule has 0 spiro atoms. The summed E-state index contributed by atoms with van der Waals surface area (Å²) in [5.74, 6) is -0.446. The van der Waals surface area contributed by atoms with Crippen molar-refractivity contribution < 1.29 is 9.59 Å². The van der Waals surface area contributed by atoms with Crippen LogP contribution in [0.25, 0.3) is 0 Å². The Balaban J connectivity index is 2.80. The Morgan fingerprint density at radius 2 is 2.22 bits per heavy atom. The van der Waals surface area contributed by atoms with Gasteiger partial charge in [-0.3, -0.25) is 14.9 Å². The summed E-state index contributed by atoms with van der Waals surface area (Å²) in [4.78, 5) is 21.1. The Labute approximate surface area is 55.0 Å². The fourth-order valence-corrected chi connectivity index (χ4v) is 1.51. The van der Waals surface area contributed by atoms with Crippen LogP contribution in [0.5, 0.6) is 0 Å². The molecule has 0 saturated heterocycles. The average Bonchev–Trinajstić information content (AvgIpc) is 2.10. The van der Waals surface area contributed by atoms with E-state index in [-0.39, 0.29) is 11.8 Å². The van der Waals surface area contributed by atoms with E-state index in [0.29, 0.717) is 5.20 Å². The largest absolute Gasteiger partial charge is 0.289 e. The number of rotatable bonds is 1. The third kappa shape index (κ3) is 1.07. The lowest BCUT2D eigenvalue weighted by Crippen LogP contribution is -2.23. The highest BCUT2D eigenvalue weighted by atomic mass is 28.2. The Bertz CT molecular complexity index is 197. The molecule has 0 saturated carbocycles. The first-order valence-electron chi connectivity index (χ1n) is 2.80. The zero-order chi connectivity index (χ0) is 6.85. The predicted molar refractivity (Wildman–Crippen MR) is 35.6 cm³/mol. The van der Waals surface area contributed by atoms with Crippen molar-refractivity contribution in [3.05, 3.63) is 11.3 Å². The lowest BCUT2D eigenvalue weighted by atomic mass is 10.5. The van der Waals surface area contributed by atoms with Crippen molar-refractivity contribution in [2.75, 3.05) is 0 Å². The van der Waals surface area contributed by atoms with Crippen molar-refractivity contribution in [3.63, 3.8) is 0 Å². The van der Waals surface area contributed by atoms with Gasteiger partial charge in [0.15, 0.2) is 0 Å². The number of amides is 2. The number of carbonyl (C=O) groups is 2. The Kier molecular flexibility index (Phi) is 1.48. The fraction of sp³-hybridized carbons (Fsp3) is 0.200. The topological polar surface area (TPSA) is 46.2 Å². The molecule has 0 unspecified atom stereocenters. The van der Waals surface area contributed by atoms with Crippen LogP contribution >= 0.6 is 0 Å². The molecule has 1 aliphatic heterocycles. The van der Waals surface area contributed by atoms with Gasteiger partial charge in [-0.05, 0) is 0 Å².